The first-order valence-electron chi connectivity index (χ1n) is 6.03. The molecule has 0 aromatic heterocycles. The second kappa shape index (κ2) is 5.50. The van der Waals surface area contributed by atoms with Gasteiger partial charge >= 0.3 is 0 Å². The Kier molecular flexibility index (Phi) is 4.58. The van der Waals surface area contributed by atoms with Gasteiger partial charge in [0.15, 0.2) is 0 Å². The fourth-order valence-corrected chi connectivity index (χ4v) is 1.94. The zero-order valence-corrected chi connectivity index (χ0v) is 10.2. The van der Waals surface area contributed by atoms with Crippen LogP contribution in [0, 0.1) is 11.3 Å². The molecule has 0 aliphatic carbocycles. The third-order valence-electron chi connectivity index (χ3n) is 3.16. The highest BCUT2D eigenvalue weighted by molar-refractivity contribution is 5.82. The molecule has 0 aromatic rings. The van der Waals surface area contributed by atoms with Gasteiger partial charge in [0, 0.05) is 13.1 Å². The summed E-state index contributed by atoms with van der Waals surface area (Å²) >= 11 is 0. The van der Waals surface area contributed by atoms with Gasteiger partial charge < -0.3 is 10.6 Å². The molecule has 0 saturated carbocycles. The van der Waals surface area contributed by atoms with Gasteiger partial charge in [0.1, 0.15) is 0 Å². The summed E-state index contributed by atoms with van der Waals surface area (Å²) in [5.74, 6) is 0.946. The van der Waals surface area contributed by atoms with Crippen LogP contribution in [0.1, 0.15) is 40.0 Å². The van der Waals surface area contributed by atoms with Crippen LogP contribution in [-0.2, 0) is 4.79 Å². The Labute approximate surface area is 93.0 Å². The Bertz CT molecular complexity index is 208. The first kappa shape index (κ1) is 12.5. The van der Waals surface area contributed by atoms with Crippen LogP contribution in [0.3, 0.4) is 0 Å². The van der Waals surface area contributed by atoms with E-state index in [9.17, 15) is 4.79 Å². The fourth-order valence-electron chi connectivity index (χ4n) is 1.94. The van der Waals surface area contributed by atoms with Crippen molar-refractivity contribution < 1.29 is 4.79 Å². The summed E-state index contributed by atoms with van der Waals surface area (Å²) in [6, 6.07) is 0. The maximum atomic E-state index is 11.9. The molecular formula is C12H24N2O. The largest absolute Gasteiger partial charge is 0.356 e. The summed E-state index contributed by atoms with van der Waals surface area (Å²) in [4.78, 5) is 11.9. The van der Waals surface area contributed by atoms with Crippen LogP contribution < -0.4 is 10.6 Å². The molecule has 3 heteroatoms. The van der Waals surface area contributed by atoms with Gasteiger partial charge in [0.2, 0.25) is 5.91 Å². The molecule has 1 amide bonds. The molecule has 1 unspecified atom stereocenters. The highest BCUT2D eigenvalue weighted by atomic mass is 16.2. The number of hydrogen-bond acceptors (Lipinski definition) is 2. The van der Waals surface area contributed by atoms with Gasteiger partial charge in [0.05, 0.1) is 5.41 Å². The molecule has 1 aliphatic rings. The molecule has 0 radical (unpaired) electrons. The van der Waals surface area contributed by atoms with E-state index >= 15 is 0 Å². The minimum atomic E-state index is -0.169. The highest BCUT2D eigenvalue weighted by Gasteiger charge is 2.35. The van der Waals surface area contributed by atoms with Gasteiger partial charge in [-0.15, -0.1) is 0 Å². The van der Waals surface area contributed by atoms with Crippen LogP contribution in [-0.4, -0.2) is 25.5 Å². The van der Waals surface area contributed by atoms with Crippen molar-refractivity contribution in [1.29, 1.82) is 0 Å². The first-order valence-corrected chi connectivity index (χ1v) is 6.03. The van der Waals surface area contributed by atoms with Gasteiger partial charge in [-0.2, -0.15) is 0 Å². The zero-order valence-electron chi connectivity index (χ0n) is 10.2. The van der Waals surface area contributed by atoms with E-state index in [-0.39, 0.29) is 11.3 Å². The second-order valence-electron chi connectivity index (χ2n) is 5.28. The summed E-state index contributed by atoms with van der Waals surface area (Å²) in [6.07, 6.45) is 3.24. The van der Waals surface area contributed by atoms with E-state index < -0.39 is 0 Å². The normalized spacial score (nSPS) is 25.9. The van der Waals surface area contributed by atoms with E-state index in [1.54, 1.807) is 0 Å². The third-order valence-corrected chi connectivity index (χ3v) is 3.16. The lowest BCUT2D eigenvalue weighted by atomic mass is 9.89. The highest BCUT2D eigenvalue weighted by Crippen LogP contribution is 2.24. The van der Waals surface area contributed by atoms with Crippen LogP contribution in [0.4, 0.5) is 0 Å². The average molecular weight is 212 g/mol. The van der Waals surface area contributed by atoms with E-state index in [0.29, 0.717) is 0 Å². The summed E-state index contributed by atoms with van der Waals surface area (Å²) in [5.41, 5.74) is -0.169. The standard InChI is InChI=1S/C12H24N2O/c1-10(2)5-4-7-14-11(15)12(3)6-8-13-9-12/h10,13H,4-9H2,1-3H3,(H,14,15). The van der Waals surface area contributed by atoms with Crippen LogP contribution in [0.5, 0.6) is 0 Å². The molecule has 3 nitrogen and oxygen atoms in total. The van der Waals surface area contributed by atoms with E-state index in [0.717, 1.165) is 38.4 Å². The molecule has 15 heavy (non-hydrogen) atoms. The molecule has 1 rings (SSSR count). The summed E-state index contributed by atoms with van der Waals surface area (Å²) in [6.45, 7) is 9.09. The number of carbonyl (C=O) groups is 1. The molecule has 1 saturated heterocycles. The summed E-state index contributed by atoms with van der Waals surface area (Å²) < 4.78 is 0. The lowest BCUT2D eigenvalue weighted by molar-refractivity contribution is -0.129. The zero-order chi connectivity index (χ0) is 11.3. The molecular weight excluding hydrogens is 188 g/mol. The van der Waals surface area contributed by atoms with Crippen molar-refractivity contribution in [2.24, 2.45) is 11.3 Å². The van der Waals surface area contributed by atoms with E-state index in [1.807, 2.05) is 6.92 Å². The van der Waals surface area contributed by atoms with Gasteiger partial charge in [-0.3, -0.25) is 4.79 Å². The van der Waals surface area contributed by atoms with Crippen LogP contribution in [0.15, 0.2) is 0 Å². The predicted octanol–water partition coefficient (Wildman–Crippen LogP) is 1.54. The molecule has 1 heterocycles. The Morgan fingerprint density at radius 3 is 2.80 bits per heavy atom. The summed E-state index contributed by atoms with van der Waals surface area (Å²) in [5, 5.41) is 6.28. The molecule has 1 aliphatic heterocycles. The minimum Gasteiger partial charge on any atom is -0.356 e. The van der Waals surface area contributed by atoms with E-state index in [1.165, 1.54) is 6.42 Å². The fraction of sp³-hybridized carbons (Fsp3) is 0.917. The van der Waals surface area contributed by atoms with Crippen molar-refractivity contribution in [2.45, 2.75) is 40.0 Å². The Morgan fingerprint density at radius 1 is 1.53 bits per heavy atom. The SMILES string of the molecule is CC(C)CCCNC(=O)C1(C)CCNC1. The first-order chi connectivity index (χ1) is 7.04. The van der Waals surface area contributed by atoms with E-state index in [4.69, 9.17) is 0 Å². The number of nitrogens with one attached hydrogen (secondary N) is 2. The maximum Gasteiger partial charge on any atom is 0.227 e. The van der Waals surface area contributed by atoms with Crippen molar-refractivity contribution in [1.82, 2.24) is 10.6 Å². The van der Waals surface area contributed by atoms with Gasteiger partial charge in [-0.1, -0.05) is 13.8 Å². The van der Waals surface area contributed by atoms with Gasteiger partial charge in [-0.25, -0.2) is 0 Å². The number of rotatable bonds is 5. The van der Waals surface area contributed by atoms with Crippen LogP contribution in [0.25, 0.3) is 0 Å². The molecule has 1 atom stereocenters. The molecule has 88 valence electrons. The molecule has 0 spiro atoms. The number of amides is 1. The van der Waals surface area contributed by atoms with Crippen LogP contribution in [0.2, 0.25) is 0 Å². The van der Waals surface area contributed by atoms with Crippen LogP contribution >= 0.6 is 0 Å². The lowest BCUT2D eigenvalue weighted by Crippen LogP contribution is -2.40. The van der Waals surface area contributed by atoms with Crippen molar-refractivity contribution in [3.8, 4) is 0 Å². The monoisotopic (exact) mass is 212 g/mol. The quantitative estimate of drug-likeness (QED) is 0.679. The Morgan fingerprint density at radius 2 is 2.27 bits per heavy atom. The molecule has 0 aromatic carbocycles. The lowest BCUT2D eigenvalue weighted by Gasteiger charge is -2.21. The van der Waals surface area contributed by atoms with Crippen molar-refractivity contribution in [3.05, 3.63) is 0 Å². The molecule has 1 fully saturated rings. The van der Waals surface area contributed by atoms with Crippen molar-refractivity contribution in [2.75, 3.05) is 19.6 Å². The second-order valence-corrected chi connectivity index (χ2v) is 5.28. The topological polar surface area (TPSA) is 41.1 Å². The Hall–Kier alpha value is -0.570. The summed E-state index contributed by atoms with van der Waals surface area (Å²) in [7, 11) is 0. The third kappa shape index (κ3) is 3.82. The molecule has 2 N–H and O–H groups in total. The van der Waals surface area contributed by atoms with E-state index in [2.05, 4.69) is 24.5 Å². The minimum absolute atomic E-state index is 0.169. The van der Waals surface area contributed by atoms with Crippen molar-refractivity contribution >= 4 is 5.91 Å². The smallest absolute Gasteiger partial charge is 0.227 e. The molecule has 0 bridgehead atoms. The van der Waals surface area contributed by atoms with Gasteiger partial charge in [0.25, 0.3) is 0 Å². The number of hydrogen-bond donors (Lipinski definition) is 2. The maximum absolute atomic E-state index is 11.9. The number of carbonyl (C=O) groups excluding carboxylic acids is 1. The average Bonchev–Trinajstić information content (AvgIpc) is 2.60. The van der Waals surface area contributed by atoms with Gasteiger partial charge in [-0.05, 0) is 38.6 Å². The predicted molar refractivity (Wildman–Crippen MR) is 62.7 cm³/mol. The Balaban J connectivity index is 2.18. The van der Waals surface area contributed by atoms with Crippen molar-refractivity contribution in [3.63, 3.8) is 0 Å².